The van der Waals surface area contributed by atoms with Crippen LogP contribution in [0.2, 0.25) is 0 Å². The van der Waals surface area contributed by atoms with E-state index in [1.54, 1.807) is 6.20 Å². The molecule has 0 bridgehead atoms. The minimum Gasteiger partial charge on any atom is -0.384 e. The smallest absolute Gasteiger partial charge is 0.142 e. The molecule has 3 nitrogen and oxygen atoms in total. The van der Waals surface area contributed by atoms with Crippen LogP contribution in [0.5, 0.6) is 0 Å². The first-order valence-corrected chi connectivity index (χ1v) is 7.66. The highest BCUT2D eigenvalue weighted by Crippen LogP contribution is 2.38. The quantitative estimate of drug-likeness (QED) is 0.902. The molecule has 1 saturated carbocycles. The van der Waals surface area contributed by atoms with Gasteiger partial charge in [-0.25, -0.2) is 4.98 Å². The second-order valence-corrected chi connectivity index (χ2v) is 6.12. The van der Waals surface area contributed by atoms with E-state index in [2.05, 4.69) is 22.6 Å². The van der Waals surface area contributed by atoms with Crippen LogP contribution in [-0.2, 0) is 0 Å². The summed E-state index contributed by atoms with van der Waals surface area (Å²) in [5.74, 6) is 0. The number of hydrogen-bond donors (Lipinski definition) is 1. The molecule has 1 aromatic heterocycles. The molecule has 0 aromatic carbocycles. The van der Waals surface area contributed by atoms with Gasteiger partial charge in [-0.1, -0.05) is 19.3 Å². The van der Waals surface area contributed by atoms with Crippen molar-refractivity contribution in [1.29, 1.82) is 5.26 Å². The molecule has 1 heterocycles. The number of aromatic nitrogens is 1. The van der Waals surface area contributed by atoms with Crippen molar-refractivity contribution in [2.75, 3.05) is 18.1 Å². The second kappa shape index (κ2) is 6.10. The third-order valence-electron chi connectivity index (χ3n) is 3.69. The summed E-state index contributed by atoms with van der Waals surface area (Å²) in [5, 5.41) is 12.3. The molecule has 0 amide bonds. The monoisotopic (exact) mass is 261 g/mol. The van der Waals surface area contributed by atoms with Gasteiger partial charge in [-0.3, -0.25) is 0 Å². The van der Waals surface area contributed by atoms with Gasteiger partial charge in [0.1, 0.15) is 11.8 Å². The first kappa shape index (κ1) is 13.2. The van der Waals surface area contributed by atoms with Crippen molar-refractivity contribution in [2.24, 2.45) is 0 Å². The molecule has 0 radical (unpaired) electrons. The van der Waals surface area contributed by atoms with Crippen molar-refractivity contribution >= 4 is 17.4 Å². The Balaban J connectivity index is 1.99. The van der Waals surface area contributed by atoms with Crippen molar-refractivity contribution in [3.8, 4) is 6.07 Å². The lowest BCUT2D eigenvalue weighted by Gasteiger charge is -2.36. The molecule has 1 aromatic rings. The largest absolute Gasteiger partial charge is 0.384 e. The molecule has 1 N–H and O–H groups in total. The Labute approximate surface area is 113 Å². The van der Waals surface area contributed by atoms with Crippen molar-refractivity contribution in [3.05, 3.63) is 24.0 Å². The Bertz CT molecular complexity index is 433. The Morgan fingerprint density at radius 3 is 2.89 bits per heavy atom. The summed E-state index contributed by atoms with van der Waals surface area (Å²) in [5.41, 5.74) is 1.47. The molecule has 18 heavy (non-hydrogen) atoms. The summed E-state index contributed by atoms with van der Waals surface area (Å²) in [7, 11) is 0. The van der Waals surface area contributed by atoms with E-state index in [4.69, 9.17) is 5.26 Å². The standard InChI is InChI=1S/C14H19N3S/c1-18-14(6-3-2-4-7-14)11-17-12-5-8-16-13(9-12)10-15/h5,8-9H,2-4,6-7,11H2,1H3,(H,16,17). The fourth-order valence-corrected chi connectivity index (χ4v) is 3.43. The van der Waals surface area contributed by atoms with E-state index >= 15 is 0 Å². The fourth-order valence-electron chi connectivity index (χ4n) is 2.51. The average Bonchev–Trinajstić information content (AvgIpc) is 2.46. The molecule has 0 spiro atoms. The van der Waals surface area contributed by atoms with Crippen LogP contribution in [0.25, 0.3) is 0 Å². The highest BCUT2D eigenvalue weighted by atomic mass is 32.2. The van der Waals surface area contributed by atoms with Crippen LogP contribution in [0.15, 0.2) is 18.3 Å². The first-order valence-electron chi connectivity index (χ1n) is 6.43. The van der Waals surface area contributed by atoms with Crippen LogP contribution in [-0.4, -0.2) is 22.5 Å². The molecule has 0 unspecified atom stereocenters. The van der Waals surface area contributed by atoms with Gasteiger partial charge in [0.15, 0.2) is 0 Å². The van der Waals surface area contributed by atoms with Gasteiger partial charge < -0.3 is 5.32 Å². The summed E-state index contributed by atoms with van der Waals surface area (Å²) in [4.78, 5) is 3.98. The second-order valence-electron chi connectivity index (χ2n) is 4.84. The number of nitrogens with one attached hydrogen (secondary N) is 1. The number of thioether (sulfide) groups is 1. The van der Waals surface area contributed by atoms with Gasteiger partial charge in [0, 0.05) is 23.2 Å². The maximum absolute atomic E-state index is 8.83. The van der Waals surface area contributed by atoms with Gasteiger partial charge in [-0.05, 0) is 31.2 Å². The van der Waals surface area contributed by atoms with Gasteiger partial charge in [0.2, 0.25) is 0 Å². The summed E-state index contributed by atoms with van der Waals surface area (Å²) in [6, 6.07) is 5.82. The van der Waals surface area contributed by atoms with Gasteiger partial charge >= 0.3 is 0 Å². The Morgan fingerprint density at radius 1 is 1.44 bits per heavy atom. The maximum Gasteiger partial charge on any atom is 0.142 e. The predicted molar refractivity (Wildman–Crippen MR) is 76.8 cm³/mol. The number of nitrogens with zero attached hydrogens (tertiary/aromatic N) is 2. The number of anilines is 1. The lowest BCUT2D eigenvalue weighted by Crippen LogP contribution is -2.35. The minimum absolute atomic E-state index is 0.369. The highest BCUT2D eigenvalue weighted by molar-refractivity contribution is 8.00. The van der Waals surface area contributed by atoms with Gasteiger partial charge in [0.05, 0.1) is 0 Å². The number of rotatable bonds is 4. The summed E-state index contributed by atoms with van der Waals surface area (Å²) in [6.45, 7) is 0.975. The maximum atomic E-state index is 8.83. The average molecular weight is 261 g/mol. The normalized spacial score (nSPS) is 18.0. The van der Waals surface area contributed by atoms with E-state index in [0.717, 1.165) is 12.2 Å². The Morgan fingerprint density at radius 2 is 2.22 bits per heavy atom. The van der Waals surface area contributed by atoms with E-state index in [0.29, 0.717) is 10.4 Å². The Kier molecular flexibility index (Phi) is 4.48. The minimum atomic E-state index is 0.369. The van der Waals surface area contributed by atoms with Gasteiger partial charge in [-0.15, -0.1) is 0 Å². The van der Waals surface area contributed by atoms with Crippen molar-refractivity contribution in [3.63, 3.8) is 0 Å². The van der Waals surface area contributed by atoms with Crippen LogP contribution in [0, 0.1) is 11.3 Å². The van der Waals surface area contributed by atoms with E-state index in [9.17, 15) is 0 Å². The molecule has 0 saturated heterocycles. The third-order valence-corrected chi connectivity index (χ3v) is 5.11. The number of pyridine rings is 1. The molecule has 0 atom stereocenters. The van der Waals surface area contributed by atoms with Gasteiger partial charge in [0.25, 0.3) is 0 Å². The zero-order chi connectivity index (χ0) is 12.8. The van der Waals surface area contributed by atoms with Crippen LogP contribution in [0.1, 0.15) is 37.8 Å². The summed E-state index contributed by atoms with van der Waals surface area (Å²) < 4.78 is 0.369. The topological polar surface area (TPSA) is 48.7 Å². The third kappa shape index (κ3) is 3.17. The molecule has 1 aliphatic rings. The van der Waals surface area contributed by atoms with Gasteiger partial charge in [-0.2, -0.15) is 17.0 Å². The lowest BCUT2D eigenvalue weighted by molar-refractivity contribution is 0.411. The van der Waals surface area contributed by atoms with Crippen LogP contribution < -0.4 is 5.32 Å². The van der Waals surface area contributed by atoms with Crippen LogP contribution in [0.4, 0.5) is 5.69 Å². The zero-order valence-corrected chi connectivity index (χ0v) is 11.6. The van der Waals surface area contributed by atoms with Crippen LogP contribution in [0.3, 0.4) is 0 Å². The molecule has 1 aliphatic carbocycles. The van der Waals surface area contributed by atoms with Crippen LogP contribution >= 0.6 is 11.8 Å². The summed E-state index contributed by atoms with van der Waals surface area (Å²) >= 11 is 1.98. The molecule has 0 aliphatic heterocycles. The van der Waals surface area contributed by atoms with E-state index < -0.39 is 0 Å². The molecule has 2 rings (SSSR count). The van der Waals surface area contributed by atoms with Crippen molar-refractivity contribution < 1.29 is 0 Å². The molecule has 4 heteroatoms. The fraction of sp³-hybridized carbons (Fsp3) is 0.571. The van der Waals surface area contributed by atoms with E-state index in [1.807, 2.05) is 23.9 Å². The Hall–Kier alpha value is -1.21. The van der Waals surface area contributed by atoms with Crippen molar-refractivity contribution in [1.82, 2.24) is 4.98 Å². The first-order chi connectivity index (χ1) is 8.78. The summed E-state index contributed by atoms with van der Waals surface area (Å²) in [6.07, 6.45) is 10.5. The SMILES string of the molecule is CSC1(CNc2ccnc(C#N)c2)CCCCC1. The molecular formula is C14H19N3S. The zero-order valence-electron chi connectivity index (χ0n) is 10.8. The predicted octanol–water partition coefficient (Wildman–Crippen LogP) is 3.43. The number of nitriles is 1. The highest BCUT2D eigenvalue weighted by Gasteiger charge is 2.30. The van der Waals surface area contributed by atoms with E-state index in [-0.39, 0.29) is 0 Å². The lowest BCUT2D eigenvalue weighted by atomic mass is 9.88. The van der Waals surface area contributed by atoms with Crippen molar-refractivity contribution in [2.45, 2.75) is 36.9 Å². The molecular weight excluding hydrogens is 242 g/mol. The van der Waals surface area contributed by atoms with E-state index in [1.165, 1.54) is 32.1 Å². The number of hydrogen-bond acceptors (Lipinski definition) is 4. The molecule has 96 valence electrons. The molecule has 1 fully saturated rings.